The van der Waals surface area contributed by atoms with Crippen LogP contribution >= 0.6 is 11.3 Å². The Morgan fingerprint density at radius 1 is 1.12 bits per heavy atom. The van der Waals surface area contributed by atoms with E-state index in [0.29, 0.717) is 5.82 Å². The largest absolute Gasteiger partial charge is 0.363 e. The van der Waals surface area contributed by atoms with Gasteiger partial charge in [0.05, 0.1) is 11.7 Å². The van der Waals surface area contributed by atoms with E-state index in [0.717, 1.165) is 21.1 Å². The van der Waals surface area contributed by atoms with Crippen molar-refractivity contribution in [2.45, 2.75) is 24.8 Å². The zero-order chi connectivity index (χ0) is 18.7. The minimum atomic E-state index is -3.48. The number of aryl methyl sites for hydroxylation is 1. The molecule has 2 aromatic heterocycles. The monoisotopic (exact) mass is 388 g/mol. The van der Waals surface area contributed by atoms with Crippen LogP contribution < -0.4 is 10.0 Å². The molecule has 0 amide bonds. The van der Waals surface area contributed by atoms with Gasteiger partial charge in [0.25, 0.3) is 0 Å². The van der Waals surface area contributed by atoms with Crippen molar-refractivity contribution in [3.63, 3.8) is 0 Å². The summed E-state index contributed by atoms with van der Waals surface area (Å²) in [5, 5.41) is 4.29. The molecular weight excluding hydrogens is 368 g/mol. The van der Waals surface area contributed by atoms with Crippen LogP contribution in [0.25, 0.3) is 10.6 Å². The molecule has 0 saturated heterocycles. The molecule has 3 rings (SSSR count). The number of nitrogens with one attached hydrogen (secondary N) is 2. The third-order valence-electron chi connectivity index (χ3n) is 3.93. The lowest BCUT2D eigenvalue weighted by atomic mass is 10.2. The van der Waals surface area contributed by atoms with Crippen LogP contribution in [-0.4, -0.2) is 25.4 Å². The van der Waals surface area contributed by atoms with Gasteiger partial charge in [-0.05, 0) is 33.0 Å². The van der Waals surface area contributed by atoms with E-state index in [-0.39, 0.29) is 10.9 Å². The first-order valence-electron chi connectivity index (χ1n) is 8.09. The molecule has 0 aliphatic rings. The maximum Gasteiger partial charge on any atom is 0.241 e. The van der Waals surface area contributed by atoms with Gasteiger partial charge in [-0.1, -0.05) is 30.3 Å². The van der Waals surface area contributed by atoms with E-state index < -0.39 is 10.0 Å². The minimum Gasteiger partial charge on any atom is -0.363 e. The average Bonchev–Trinajstić information content (AvgIpc) is 3.05. The Kier molecular flexibility index (Phi) is 5.36. The summed E-state index contributed by atoms with van der Waals surface area (Å²) in [5.41, 5.74) is 2.07. The number of rotatable bonds is 6. The molecule has 3 aromatic rings. The number of thiazole rings is 1. The zero-order valence-corrected chi connectivity index (χ0v) is 16.4. The second-order valence-electron chi connectivity index (χ2n) is 5.79. The molecule has 8 heteroatoms. The Bertz CT molecular complexity index is 984. The molecule has 0 radical (unpaired) electrons. The van der Waals surface area contributed by atoms with Crippen LogP contribution in [0, 0.1) is 6.92 Å². The first-order chi connectivity index (χ1) is 12.4. The molecule has 0 fully saturated rings. The Hall–Kier alpha value is -2.29. The second kappa shape index (κ2) is 7.53. The van der Waals surface area contributed by atoms with Crippen LogP contribution in [0.15, 0.2) is 53.6 Å². The lowest BCUT2D eigenvalue weighted by Crippen LogP contribution is -2.18. The molecule has 0 aliphatic carbocycles. The normalized spacial score (nSPS) is 12.7. The third kappa shape index (κ3) is 3.92. The fourth-order valence-corrected chi connectivity index (χ4v) is 4.29. The first-order valence-corrected chi connectivity index (χ1v) is 10.4. The van der Waals surface area contributed by atoms with E-state index in [9.17, 15) is 8.42 Å². The van der Waals surface area contributed by atoms with Crippen molar-refractivity contribution in [3.8, 4) is 10.6 Å². The SMILES string of the molecule is CNS(=O)(=O)c1ccc(NC(C)c2sc(-c3ccccc3)nc2C)nc1. The lowest BCUT2D eigenvalue weighted by Gasteiger charge is -2.13. The van der Waals surface area contributed by atoms with Crippen molar-refractivity contribution >= 4 is 27.2 Å². The van der Waals surface area contributed by atoms with E-state index >= 15 is 0 Å². The standard InChI is InChI=1S/C18H20N4O2S2/c1-12(21-16-10-9-15(11-20-16)26(23,24)19-3)17-13(2)22-18(25-17)14-7-5-4-6-8-14/h4-12,19H,1-3H3,(H,20,21). The molecule has 136 valence electrons. The Labute approximate surface area is 157 Å². The van der Waals surface area contributed by atoms with E-state index in [1.807, 2.05) is 44.2 Å². The summed E-state index contributed by atoms with van der Waals surface area (Å²) in [6.45, 7) is 4.03. The van der Waals surface area contributed by atoms with E-state index in [1.54, 1.807) is 17.4 Å². The van der Waals surface area contributed by atoms with E-state index in [2.05, 4.69) is 20.0 Å². The maximum absolute atomic E-state index is 11.8. The zero-order valence-electron chi connectivity index (χ0n) is 14.7. The van der Waals surface area contributed by atoms with E-state index in [1.165, 1.54) is 19.3 Å². The summed E-state index contributed by atoms with van der Waals surface area (Å²) < 4.78 is 25.8. The van der Waals surface area contributed by atoms with Crippen LogP contribution in [-0.2, 0) is 10.0 Å². The Balaban J connectivity index is 1.78. The highest BCUT2D eigenvalue weighted by Crippen LogP contribution is 2.32. The molecule has 26 heavy (non-hydrogen) atoms. The molecule has 0 bridgehead atoms. The summed E-state index contributed by atoms with van der Waals surface area (Å²) in [6.07, 6.45) is 1.34. The van der Waals surface area contributed by atoms with Crippen molar-refractivity contribution in [2.75, 3.05) is 12.4 Å². The highest BCUT2D eigenvalue weighted by Gasteiger charge is 2.16. The van der Waals surface area contributed by atoms with Gasteiger partial charge in [-0.15, -0.1) is 11.3 Å². The van der Waals surface area contributed by atoms with Gasteiger partial charge >= 0.3 is 0 Å². The highest BCUT2D eigenvalue weighted by atomic mass is 32.2. The Morgan fingerprint density at radius 2 is 1.85 bits per heavy atom. The number of sulfonamides is 1. The van der Waals surface area contributed by atoms with Gasteiger partial charge < -0.3 is 5.32 Å². The summed E-state index contributed by atoms with van der Waals surface area (Å²) >= 11 is 1.64. The molecule has 0 spiro atoms. The molecular formula is C18H20N4O2S2. The number of benzene rings is 1. The van der Waals surface area contributed by atoms with Crippen molar-refractivity contribution in [3.05, 3.63) is 59.2 Å². The van der Waals surface area contributed by atoms with Gasteiger partial charge in [0, 0.05) is 16.6 Å². The Morgan fingerprint density at radius 3 is 2.46 bits per heavy atom. The predicted molar refractivity (Wildman–Crippen MR) is 105 cm³/mol. The van der Waals surface area contributed by atoms with Crippen molar-refractivity contribution in [2.24, 2.45) is 0 Å². The summed E-state index contributed by atoms with van der Waals surface area (Å²) in [6, 6.07) is 13.3. The van der Waals surface area contributed by atoms with Crippen LogP contribution in [0.2, 0.25) is 0 Å². The average molecular weight is 389 g/mol. The quantitative estimate of drug-likeness (QED) is 0.674. The maximum atomic E-state index is 11.8. The fraction of sp³-hybridized carbons (Fsp3) is 0.222. The molecule has 2 heterocycles. The van der Waals surface area contributed by atoms with Gasteiger partial charge in [0.15, 0.2) is 0 Å². The van der Waals surface area contributed by atoms with Gasteiger partial charge in [-0.2, -0.15) is 0 Å². The first kappa shape index (κ1) is 18.5. The molecule has 2 N–H and O–H groups in total. The number of anilines is 1. The number of nitrogens with zero attached hydrogens (tertiary/aromatic N) is 2. The van der Waals surface area contributed by atoms with Gasteiger partial charge in [-0.25, -0.2) is 23.1 Å². The number of hydrogen-bond donors (Lipinski definition) is 2. The number of aromatic nitrogens is 2. The van der Waals surface area contributed by atoms with Crippen LogP contribution in [0.5, 0.6) is 0 Å². The van der Waals surface area contributed by atoms with Gasteiger partial charge in [0.1, 0.15) is 15.7 Å². The molecule has 1 unspecified atom stereocenters. The van der Waals surface area contributed by atoms with Crippen LogP contribution in [0.3, 0.4) is 0 Å². The fourth-order valence-electron chi connectivity index (χ4n) is 2.54. The smallest absolute Gasteiger partial charge is 0.241 e. The van der Waals surface area contributed by atoms with Gasteiger partial charge in [0.2, 0.25) is 10.0 Å². The molecule has 1 atom stereocenters. The topological polar surface area (TPSA) is 84.0 Å². The number of pyridine rings is 1. The summed E-state index contributed by atoms with van der Waals surface area (Å²) in [7, 11) is -2.10. The second-order valence-corrected chi connectivity index (χ2v) is 8.70. The van der Waals surface area contributed by atoms with Crippen LogP contribution in [0.1, 0.15) is 23.5 Å². The predicted octanol–water partition coefficient (Wildman–Crippen LogP) is 3.59. The van der Waals surface area contributed by atoms with Gasteiger partial charge in [-0.3, -0.25) is 0 Å². The minimum absolute atomic E-state index is 0.00391. The third-order valence-corrected chi connectivity index (χ3v) is 6.72. The van der Waals surface area contributed by atoms with Crippen molar-refractivity contribution < 1.29 is 8.42 Å². The van der Waals surface area contributed by atoms with Crippen molar-refractivity contribution in [1.29, 1.82) is 0 Å². The van der Waals surface area contributed by atoms with Crippen LogP contribution in [0.4, 0.5) is 5.82 Å². The molecule has 1 aromatic carbocycles. The molecule has 6 nitrogen and oxygen atoms in total. The van der Waals surface area contributed by atoms with Crippen molar-refractivity contribution in [1.82, 2.24) is 14.7 Å². The summed E-state index contributed by atoms with van der Waals surface area (Å²) in [5.74, 6) is 0.613. The lowest BCUT2D eigenvalue weighted by molar-refractivity contribution is 0.588. The molecule has 0 saturated carbocycles. The van der Waals surface area contributed by atoms with E-state index in [4.69, 9.17) is 0 Å². The summed E-state index contributed by atoms with van der Waals surface area (Å²) in [4.78, 5) is 10.1. The highest BCUT2D eigenvalue weighted by molar-refractivity contribution is 7.89. The number of hydrogen-bond acceptors (Lipinski definition) is 6. The molecule has 0 aliphatic heterocycles.